The molecule has 7 nitrogen and oxygen atoms in total. The molecular formula is C20H24N4O3S2. The number of rotatable bonds is 7. The summed E-state index contributed by atoms with van der Waals surface area (Å²) in [4.78, 5) is 16.8. The Balaban J connectivity index is 2.05. The number of pyridine rings is 1. The molecule has 0 atom stereocenters. The first-order chi connectivity index (χ1) is 13.5. The van der Waals surface area contributed by atoms with E-state index in [0.717, 1.165) is 16.8 Å². The molecule has 0 bridgehead atoms. The highest BCUT2D eigenvalue weighted by Crippen LogP contribution is 2.26. The summed E-state index contributed by atoms with van der Waals surface area (Å²) >= 11 is 1.20. The van der Waals surface area contributed by atoms with Crippen molar-refractivity contribution in [2.45, 2.75) is 50.6 Å². The summed E-state index contributed by atoms with van der Waals surface area (Å²) < 4.78 is 26.8. The molecule has 29 heavy (non-hydrogen) atoms. The molecule has 9 heteroatoms. The third-order valence-corrected chi connectivity index (χ3v) is 6.90. The third-order valence-electron chi connectivity index (χ3n) is 4.25. The lowest BCUT2D eigenvalue weighted by atomic mass is 10.1. The van der Waals surface area contributed by atoms with Gasteiger partial charge in [-0.25, -0.2) is 18.1 Å². The van der Waals surface area contributed by atoms with Gasteiger partial charge in [-0.1, -0.05) is 11.8 Å². The topological polar surface area (TPSA) is 112 Å². The Bertz CT molecular complexity index is 1060. The summed E-state index contributed by atoms with van der Waals surface area (Å²) in [6, 6.07) is 7.91. The summed E-state index contributed by atoms with van der Waals surface area (Å²) in [5.41, 5.74) is 3.64. The van der Waals surface area contributed by atoms with Gasteiger partial charge in [-0.3, -0.25) is 4.79 Å². The SMILES string of the molecule is Cc1nc(SCC(=O)Nc2ccc(S(=O)(=O)NC(C)C)cc2)c(C#N)c(C)c1C. The van der Waals surface area contributed by atoms with Crippen molar-refractivity contribution in [1.29, 1.82) is 5.26 Å². The van der Waals surface area contributed by atoms with Gasteiger partial charge < -0.3 is 5.32 Å². The van der Waals surface area contributed by atoms with Crippen molar-refractivity contribution in [1.82, 2.24) is 9.71 Å². The molecule has 0 aliphatic rings. The molecular weight excluding hydrogens is 408 g/mol. The molecule has 0 aliphatic carbocycles. The van der Waals surface area contributed by atoms with E-state index in [1.165, 1.54) is 36.0 Å². The average molecular weight is 433 g/mol. The van der Waals surface area contributed by atoms with E-state index in [0.29, 0.717) is 16.3 Å². The van der Waals surface area contributed by atoms with Crippen LogP contribution in [0, 0.1) is 32.1 Å². The van der Waals surface area contributed by atoms with Gasteiger partial charge in [0.2, 0.25) is 15.9 Å². The number of carbonyl (C=O) groups is 1. The molecule has 1 aromatic carbocycles. The molecule has 0 spiro atoms. The van der Waals surface area contributed by atoms with Crippen molar-refractivity contribution in [2.75, 3.05) is 11.1 Å². The number of sulfonamides is 1. The number of benzene rings is 1. The van der Waals surface area contributed by atoms with Crippen molar-refractivity contribution in [3.63, 3.8) is 0 Å². The molecule has 0 fully saturated rings. The highest BCUT2D eigenvalue weighted by atomic mass is 32.2. The first-order valence-corrected chi connectivity index (χ1v) is 11.4. The number of aromatic nitrogens is 1. The zero-order valence-electron chi connectivity index (χ0n) is 17.0. The second-order valence-corrected chi connectivity index (χ2v) is 9.55. The number of hydrogen-bond acceptors (Lipinski definition) is 6. The number of anilines is 1. The summed E-state index contributed by atoms with van der Waals surface area (Å²) in [5.74, 6) is -0.189. The number of nitriles is 1. The van der Waals surface area contributed by atoms with Crippen LogP contribution in [0.25, 0.3) is 0 Å². The summed E-state index contributed by atoms with van der Waals surface area (Å²) in [6.45, 7) is 9.15. The standard InChI is InChI=1S/C20H24N4O3S2/c1-12(2)24-29(26,27)17-8-6-16(7-9-17)23-19(25)11-28-20-18(10-21)14(4)13(3)15(5)22-20/h6-9,12,24H,11H2,1-5H3,(H,23,25). The van der Waals surface area contributed by atoms with E-state index >= 15 is 0 Å². The van der Waals surface area contributed by atoms with Gasteiger partial charge >= 0.3 is 0 Å². The van der Waals surface area contributed by atoms with E-state index in [-0.39, 0.29) is 22.6 Å². The summed E-state index contributed by atoms with van der Waals surface area (Å²) in [7, 11) is -3.58. The van der Waals surface area contributed by atoms with Crippen LogP contribution in [0.3, 0.4) is 0 Å². The smallest absolute Gasteiger partial charge is 0.240 e. The van der Waals surface area contributed by atoms with Gasteiger partial charge in [0.1, 0.15) is 11.1 Å². The molecule has 2 rings (SSSR count). The second-order valence-electron chi connectivity index (χ2n) is 6.88. The zero-order chi connectivity index (χ0) is 21.8. The van der Waals surface area contributed by atoms with Crippen LogP contribution in [0.1, 0.15) is 36.2 Å². The van der Waals surface area contributed by atoms with Crippen molar-refractivity contribution in [2.24, 2.45) is 0 Å². The zero-order valence-corrected chi connectivity index (χ0v) is 18.7. The number of nitrogens with one attached hydrogen (secondary N) is 2. The summed E-state index contributed by atoms with van der Waals surface area (Å²) in [5, 5.41) is 12.7. The van der Waals surface area contributed by atoms with Crippen LogP contribution in [-0.2, 0) is 14.8 Å². The predicted octanol–water partition coefficient (Wildman–Crippen LogP) is 3.30. The number of amides is 1. The van der Waals surface area contributed by atoms with Crippen LogP contribution in [0.5, 0.6) is 0 Å². The number of hydrogen-bond donors (Lipinski definition) is 2. The number of carbonyl (C=O) groups excluding carboxylic acids is 1. The van der Waals surface area contributed by atoms with E-state index in [4.69, 9.17) is 0 Å². The molecule has 1 heterocycles. The van der Waals surface area contributed by atoms with Gasteiger partial charge in [-0.2, -0.15) is 5.26 Å². The second kappa shape index (κ2) is 9.39. The minimum absolute atomic E-state index is 0.0819. The van der Waals surface area contributed by atoms with E-state index in [9.17, 15) is 18.5 Å². The van der Waals surface area contributed by atoms with Gasteiger partial charge in [-0.05, 0) is 70.0 Å². The Kier molecular flexibility index (Phi) is 7.41. The van der Waals surface area contributed by atoms with Crippen LogP contribution in [0.4, 0.5) is 5.69 Å². The Morgan fingerprint density at radius 3 is 2.34 bits per heavy atom. The molecule has 0 aliphatic heterocycles. The predicted molar refractivity (Wildman–Crippen MR) is 114 cm³/mol. The van der Waals surface area contributed by atoms with Crippen molar-refractivity contribution in [3.05, 3.63) is 46.6 Å². The number of aryl methyl sites for hydroxylation is 1. The molecule has 2 aromatic rings. The molecule has 2 N–H and O–H groups in total. The lowest BCUT2D eigenvalue weighted by molar-refractivity contribution is -0.113. The third kappa shape index (κ3) is 5.79. The molecule has 0 unspecified atom stereocenters. The van der Waals surface area contributed by atoms with Crippen LogP contribution in [-0.4, -0.2) is 31.1 Å². The van der Waals surface area contributed by atoms with E-state index < -0.39 is 10.0 Å². The van der Waals surface area contributed by atoms with Gasteiger partial charge in [0.05, 0.1) is 16.2 Å². The highest BCUT2D eigenvalue weighted by Gasteiger charge is 2.16. The van der Waals surface area contributed by atoms with Crippen LogP contribution < -0.4 is 10.0 Å². The largest absolute Gasteiger partial charge is 0.325 e. The fraction of sp³-hybridized carbons (Fsp3) is 0.350. The minimum Gasteiger partial charge on any atom is -0.325 e. The first-order valence-electron chi connectivity index (χ1n) is 8.98. The van der Waals surface area contributed by atoms with E-state index in [1.807, 2.05) is 20.8 Å². The molecule has 0 saturated carbocycles. The molecule has 0 saturated heterocycles. The average Bonchev–Trinajstić information content (AvgIpc) is 2.64. The van der Waals surface area contributed by atoms with Gasteiger partial charge in [0, 0.05) is 17.4 Å². The molecule has 1 amide bonds. The minimum atomic E-state index is -3.58. The van der Waals surface area contributed by atoms with Crippen molar-refractivity contribution < 1.29 is 13.2 Å². The maximum atomic E-state index is 12.3. The monoisotopic (exact) mass is 432 g/mol. The van der Waals surface area contributed by atoms with Crippen LogP contribution in [0.2, 0.25) is 0 Å². The lowest BCUT2D eigenvalue weighted by Crippen LogP contribution is -2.30. The molecule has 154 valence electrons. The number of thioether (sulfide) groups is 1. The Morgan fingerprint density at radius 1 is 1.17 bits per heavy atom. The fourth-order valence-corrected chi connectivity index (χ4v) is 4.71. The van der Waals surface area contributed by atoms with Gasteiger partial charge in [-0.15, -0.1) is 0 Å². The van der Waals surface area contributed by atoms with Crippen LogP contribution >= 0.6 is 11.8 Å². The Labute approximate surface area is 176 Å². The fourth-order valence-electron chi connectivity index (χ4n) is 2.57. The highest BCUT2D eigenvalue weighted by molar-refractivity contribution is 8.00. The molecule has 1 aromatic heterocycles. The van der Waals surface area contributed by atoms with Gasteiger partial charge in [0.15, 0.2) is 0 Å². The maximum Gasteiger partial charge on any atom is 0.240 e. The lowest BCUT2D eigenvalue weighted by Gasteiger charge is -2.12. The Hall–Kier alpha value is -2.41. The quantitative estimate of drug-likeness (QED) is 0.649. The maximum absolute atomic E-state index is 12.3. The van der Waals surface area contributed by atoms with Crippen molar-refractivity contribution in [3.8, 4) is 6.07 Å². The summed E-state index contributed by atoms with van der Waals surface area (Å²) in [6.07, 6.45) is 0. The van der Waals surface area contributed by atoms with Gasteiger partial charge in [0.25, 0.3) is 0 Å². The molecule has 0 radical (unpaired) electrons. The van der Waals surface area contributed by atoms with E-state index in [1.54, 1.807) is 13.8 Å². The normalized spacial score (nSPS) is 11.3. The Morgan fingerprint density at radius 2 is 1.79 bits per heavy atom. The van der Waals surface area contributed by atoms with E-state index in [2.05, 4.69) is 21.1 Å². The first kappa shape index (κ1) is 22.9. The number of nitrogens with zero attached hydrogens (tertiary/aromatic N) is 2. The van der Waals surface area contributed by atoms with Crippen LogP contribution in [0.15, 0.2) is 34.2 Å². The van der Waals surface area contributed by atoms with Crippen molar-refractivity contribution >= 4 is 33.4 Å².